The van der Waals surface area contributed by atoms with Gasteiger partial charge in [0.05, 0.1) is 23.1 Å². The van der Waals surface area contributed by atoms with E-state index in [1.807, 2.05) is 0 Å². The Labute approximate surface area is 214 Å². The van der Waals surface area contributed by atoms with E-state index in [2.05, 4.69) is 10.1 Å². The van der Waals surface area contributed by atoms with Crippen molar-refractivity contribution in [3.05, 3.63) is 71.1 Å². The van der Waals surface area contributed by atoms with Gasteiger partial charge in [-0.2, -0.15) is 18.2 Å². The number of rotatable bonds is 3. The molecule has 2 aliphatic heterocycles. The second kappa shape index (κ2) is 10.3. The largest absolute Gasteiger partial charge is 0.416 e. The van der Waals surface area contributed by atoms with E-state index in [9.17, 15) is 31.9 Å². The first-order chi connectivity index (χ1) is 18.1. The van der Waals surface area contributed by atoms with E-state index >= 15 is 0 Å². The van der Waals surface area contributed by atoms with Crippen LogP contribution in [0.5, 0.6) is 0 Å². The molecule has 7 nitrogen and oxygen atoms in total. The SMILES string of the molecule is O=C(N1CCC(O)CC1)N1CC(c2ccc(C(F)(F)F)cc2)CC(c2nc(-c3cc(F)ccc3F)no2)C1. The van der Waals surface area contributed by atoms with E-state index in [0.717, 1.165) is 30.3 Å². The molecular formula is C26H25F5N4O3. The van der Waals surface area contributed by atoms with Crippen LogP contribution < -0.4 is 0 Å². The third-order valence-electron chi connectivity index (χ3n) is 7.13. The molecule has 0 aliphatic carbocycles. The molecule has 2 saturated heterocycles. The van der Waals surface area contributed by atoms with Crippen LogP contribution in [0, 0.1) is 11.6 Å². The zero-order chi connectivity index (χ0) is 27.0. The van der Waals surface area contributed by atoms with Crippen LogP contribution in [0.1, 0.15) is 48.1 Å². The Kier molecular flexibility index (Phi) is 7.08. The number of benzene rings is 2. The summed E-state index contributed by atoms with van der Waals surface area (Å²) in [5.41, 5.74) is -0.326. The molecule has 2 amide bonds. The smallest absolute Gasteiger partial charge is 0.393 e. The fourth-order valence-corrected chi connectivity index (χ4v) is 5.06. The second-order valence-electron chi connectivity index (χ2n) is 9.74. The molecule has 3 aromatic rings. The highest BCUT2D eigenvalue weighted by Crippen LogP contribution is 2.38. The maximum atomic E-state index is 14.3. The number of halogens is 5. The van der Waals surface area contributed by atoms with Crippen LogP contribution >= 0.6 is 0 Å². The second-order valence-corrected chi connectivity index (χ2v) is 9.74. The van der Waals surface area contributed by atoms with Crippen LogP contribution in [0.3, 0.4) is 0 Å². The van der Waals surface area contributed by atoms with Gasteiger partial charge < -0.3 is 19.4 Å². The van der Waals surface area contributed by atoms with Crippen molar-refractivity contribution in [2.24, 2.45) is 0 Å². The van der Waals surface area contributed by atoms with E-state index in [1.54, 1.807) is 9.80 Å². The maximum Gasteiger partial charge on any atom is 0.416 e. The molecule has 2 aromatic carbocycles. The van der Waals surface area contributed by atoms with Crippen molar-refractivity contribution in [1.29, 1.82) is 0 Å². The molecule has 2 atom stereocenters. The molecule has 3 heterocycles. The Morgan fingerprint density at radius 2 is 1.66 bits per heavy atom. The molecule has 0 bridgehead atoms. The number of hydrogen-bond acceptors (Lipinski definition) is 5. The lowest BCUT2D eigenvalue weighted by Crippen LogP contribution is -2.51. The minimum Gasteiger partial charge on any atom is -0.393 e. The molecule has 2 unspecified atom stereocenters. The third kappa shape index (κ3) is 5.50. The van der Waals surface area contributed by atoms with Gasteiger partial charge in [-0.3, -0.25) is 0 Å². The van der Waals surface area contributed by atoms with Gasteiger partial charge in [-0.15, -0.1) is 0 Å². The monoisotopic (exact) mass is 536 g/mol. The molecule has 1 aromatic heterocycles. The van der Waals surface area contributed by atoms with Gasteiger partial charge >= 0.3 is 12.2 Å². The fraction of sp³-hybridized carbons (Fsp3) is 0.423. The summed E-state index contributed by atoms with van der Waals surface area (Å²) in [4.78, 5) is 20.9. The molecule has 5 rings (SSSR count). The molecule has 2 fully saturated rings. The number of urea groups is 1. The number of alkyl halides is 3. The summed E-state index contributed by atoms with van der Waals surface area (Å²) in [7, 11) is 0. The van der Waals surface area contributed by atoms with Gasteiger partial charge in [-0.05, 0) is 55.2 Å². The molecular weight excluding hydrogens is 511 g/mol. The first-order valence-corrected chi connectivity index (χ1v) is 12.3. The number of amides is 2. The summed E-state index contributed by atoms with van der Waals surface area (Å²) in [6.07, 6.45) is -3.63. The molecule has 2 aliphatic rings. The van der Waals surface area contributed by atoms with E-state index in [-0.39, 0.29) is 42.3 Å². The Morgan fingerprint density at radius 3 is 2.34 bits per heavy atom. The first-order valence-electron chi connectivity index (χ1n) is 12.3. The topological polar surface area (TPSA) is 82.7 Å². The van der Waals surface area contributed by atoms with E-state index in [4.69, 9.17) is 4.52 Å². The molecule has 12 heteroatoms. The van der Waals surface area contributed by atoms with Crippen molar-refractivity contribution in [3.63, 3.8) is 0 Å². The summed E-state index contributed by atoms with van der Waals surface area (Å²) < 4.78 is 72.6. The number of carbonyl (C=O) groups excluding carboxylic acids is 1. The van der Waals surface area contributed by atoms with Crippen LogP contribution in [0.4, 0.5) is 26.7 Å². The Morgan fingerprint density at radius 1 is 0.974 bits per heavy atom. The maximum absolute atomic E-state index is 14.3. The lowest BCUT2D eigenvalue weighted by molar-refractivity contribution is -0.137. The third-order valence-corrected chi connectivity index (χ3v) is 7.13. The summed E-state index contributed by atoms with van der Waals surface area (Å²) in [5, 5.41) is 13.6. The summed E-state index contributed by atoms with van der Waals surface area (Å²) >= 11 is 0. The number of piperidine rings is 2. The van der Waals surface area contributed by atoms with Gasteiger partial charge in [0, 0.05) is 32.1 Å². The van der Waals surface area contributed by atoms with Crippen molar-refractivity contribution in [2.75, 3.05) is 26.2 Å². The van der Waals surface area contributed by atoms with E-state index in [1.165, 1.54) is 12.1 Å². The predicted molar refractivity (Wildman–Crippen MR) is 125 cm³/mol. The zero-order valence-electron chi connectivity index (χ0n) is 20.2. The molecule has 38 heavy (non-hydrogen) atoms. The minimum absolute atomic E-state index is 0.118. The van der Waals surface area contributed by atoms with Crippen LogP contribution in [-0.2, 0) is 6.18 Å². The van der Waals surface area contributed by atoms with Crippen molar-refractivity contribution in [1.82, 2.24) is 19.9 Å². The van der Waals surface area contributed by atoms with Crippen molar-refractivity contribution >= 4 is 6.03 Å². The molecule has 0 saturated carbocycles. The minimum atomic E-state index is -4.47. The van der Waals surface area contributed by atoms with Gasteiger partial charge in [0.25, 0.3) is 0 Å². The summed E-state index contributed by atoms with van der Waals surface area (Å²) in [6, 6.07) is 7.44. The quantitative estimate of drug-likeness (QED) is 0.467. The fourth-order valence-electron chi connectivity index (χ4n) is 5.06. The average molecular weight is 537 g/mol. The molecule has 1 N–H and O–H groups in total. The highest BCUT2D eigenvalue weighted by atomic mass is 19.4. The van der Waals surface area contributed by atoms with E-state index in [0.29, 0.717) is 37.9 Å². The number of aromatic nitrogens is 2. The van der Waals surface area contributed by atoms with Crippen molar-refractivity contribution < 1.29 is 36.4 Å². The normalized spacial score (nSPS) is 21.1. The van der Waals surface area contributed by atoms with Gasteiger partial charge in [-0.25, -0.2) is 13.6 Å². The molecule has 0 spiro atoms. The number of carbonyl (C=O) groups is 1. The van der Waals surface area contributed by atoms with Crippen LogP contribution in [0.15, 0.2) is 47.0 Å². The van der Waals surface area contributed by atoms with Crippen LogP contribution in [-0.4, -0.2) is 63.4 Å². The zero-order valence-corrected chi connectivity index (χ0v) is 20.2. The van der Waals surface area contributed by atoms with Crippen LogP contribution in [0.25, 0.3) is 11.4 Å². The first kappa shape index (κ1) is 26.1. The van der Waals surface area contributed by atoms with Crippen LogP contribution in [0.2, 0.25) is 0 Å². The van der Waals surface area contributed by atoms with Gasteiger partial charge in [-0.1, -0.05) is 17.3 Å². The number of hydrogen-bond donors (Lipinski definition) is 1. The summed E-state index contributed by atoms with van der Waals surface area (Å²) in [5.74, 6) is -2.25. The lowest BCUT2D eigenvalue weighted by Gasteiger charge is -2.40. The molecule has 0 radical (unpaired) electrons. The standard InChI is InChI=1S/C26H25F5N4O3/c27-19-5-6-22(28)21(12-19)23-32-24(38-33-23)17-11-16(15-1-3-18(4-2-15)26(29,30)31)13-35(14-17)25(37)34-9-7-20(36)8-10-34/h1-6,12,16-17,20,36H,7-11,13-14H2. The highest BCUT2D eigenvalue weighted by molar-refractivity contribution is 5.75. The van der Waals surface area contributed by atoms with Crippen molar-refractivity contribution in [3.8, 4) is 11.4 Å². The Balaban J connectivity index is 1.43. The Bertz CT molecular complexity index is 1290. The van der Waals surface area contributed by atoms with Crippen molar-refractivity contribution in [2.45, 2.75) is 43.4 Å². The Hall–Kier alpha value is -3.54. The van der Waals surface area contributed by atoms with Gasteiger partial charge in [0.1, 0.15) is 11.6 Å². The highest BCUT2D eigenvalue weighted by Gasteiger charge is 2.37. The molecule has 202 valence electrons. The summed E-state index contributed by atoms with van der Waals surface area (Å²) in [6.45, 7) is 1.23. The number of nitrogens with zero attached hydrogens (tertiary/aromatic N) is 4. The number of aliphatic hydroxyl groups is 1. The predicted octanol–water partition coefficient (Wildman–Crippen LogP) is 5.18. The lowest BCUT2D eigenvalue weighted by atomic mass is 9.84. The number of likely N-dealkylation sites (tertiary alicyclic amines) is 2. The average Bonchev–Trinajstić information content (AvgIpc) is 3.40. The van der Waals surface area contributed by atoms with Gasteiger partial charge in [0.15, 0.2) is 0 Å². The number of aliphatic hydroxyl groups excluding tert-OH is 1. The van der Waals surface area contributed by atoms with E-state index < -0.39 is 35.4 Å². The van der Waals surface area contributed by atoms with Gasteiger partial charge in [0.2, 0.25) is 11.7 Å².